The van der Waals surface area contributed by atoms with Crippen LogP contribution in [0.25, 0.3) is 0 Å². The SMILES string of the molecule is CN1N=C(C(=O)NC2CC3(CCCCCCC3)C(NCc3cccc(F)c3)CN2)CCC1=O. The molecule has 8 heteroatoms. The molecule has 1 saturated carbocycles. The Morgan fingerprint density at radius 2 is 1.97 bits per heavy atom. The molecule has 2 atom stereocenters. The number of hydrogen-bond donors (Lipinski definition) is 3. The van der Waals surface area contributed by atoms with Crippen LogP contribution in [0.3, 0.4) is 0 Å². The predicted molar refractivity (Wildman–Crippen MR) is 126 cm³/mol. The Hall–Kier alpha value is -2.32. The number of hydrazone groups is 1. The Morgan fingerprint density at radius 1 is 1.21 bits per heavy atom. The molecule has 1 spiro atoms. The predicted octanol–water partition coefficient (Wildman–Crippen LogP) is 3.06. The Morgan fingerprint density at radius 3 is 2.70 bits per heavy atom. The van der Waals surface area contributed by atoms with Crippen molar-refractivity contribution >= 4 is 17.5 Å². The van der Waals surface area contributed by atoms with Gasteiger partial charge in [-0.25, -0.2) is 9.40 Å². The summed E-state index contributed by atoms with van der Waals surface area (Å²) in [6.07, 6.45) is 9.84. The molecule has 0 bridgehead atoms. The van der Waals surface area contributed by atoms with Gasteiger partial charge in [-0.3, -0.25) is 14.9 Å². The van der Waals surface area contributed by atoms with Gasteiger partial charge in [-0.2, -0.15) is 5.10 Å². The van der Waals surface area contributed by atoms with Gasteiger partial charge in [0.1, 0.15) is 11.5 Å². The second-order valence-electron chi connectivity index (χ2n) is 9.80. The van der Waals surface area contributed by atoms with Gasteiger partial charge >= 0.3 is 0 Å². The maximum atomic E-state index is 13.6. The van der Waals surface area contributed by atoms with E-state index in [1.807, 2.05) is 6.07 Å². The molecule has 1 aromatic rings. The summed E-state index contributed by atoms with van der Waals surface area (Å²) in [6.45, 7) is 1.37. The summed E-state index contributed by atoms with van der Waals surface area (Å²) in [5.74, 6) is -0.473. The topological polar surface area (TPSA) is 85.8 Å². The lowest BCUT2D eigenvalue weighted by Gasteiger charge is -2.49. The van der Waals surface area contributed by atoms with E-state index >= 15 is 0 Å². The van der Waals surface area contributed by atoms with E-state index in [0.717, 1.165) is 31.4 Å². The standard InChI is InChI=1S/C25H36FN5O2/c1-31-23(32)11-10-20(30-31)24(33)29-22-15-25(12-5-3-2-4-6-13-25)21(17-28-22)27-16-18-8-7-9-19(26)14-18/h7-9,14,21-22,27-28H,2-6,10-13,15-17H2,1H3,(H,29,33). The van der Waals surface area contributed by atoms with Crippen molar-refractivity contribution in [2.75, 3.05) is 13.6 Å². The van der Waals surface area contributed by atoms with Crippen molar-refractivity contribution in [1.82, 2.24) is 21.0 Å². The van der Waals surface area contributed by atoms with Gasteiger partial charge < -0.3 is 10.6 Å². The third kappa shape index (κ3) is 5.98. The Bertz CT molecular complexity index is 881. The maximum Gasteiger partial charge on any atom is 0.268 e. The van der Waals surface area contributed by atoms with Crippen molar-refractivity contribution < 1.29 is 14.0 Å². The number of hydrogen-bond acceptors (Lipinski definition) is 5. The average Bonchev–Trinajstić information content (AvgIpc) is 2.78. The van der Waals surface area contributed by atoms with E-state index in [2.05, 4.69) is 21.1 Å². The van der Waals surface area contributed by atoms with Crippen LogP contribution in [0.2, 0.25) is 0 Å². The first kappa shape index (κ1) is 23.8. The molecule has 2 unspecified atom stereocenters. The van der Waals surface area contributed by atoms with Crippen molar-refractivity contribution in [1.29, 1.82) is 0 Å². The highest BCUT2D eigenvalue weighted by Gasteiger charge is 2.43. The van der Waals surface area contributed by atoms with Crippen molar-refractivity contribution in [2.24, 2.45) is 10.5 Å². The molecule has 3 N–H and O–H groups in total. The van der Waals surface area contributed by atoms with Gasteiger partial charge in [-0.15, -0.1) is 0 Å². The minimum absolute atomic E-state index is 0.0666. The highest BCUT2D eigenvalue weighted by molar-refractivity contribution is 6.39. The third-order valence-corrected chi connectivity index (χ3v) is 7.48. The second kappa shape index (κ2) is 10.7. The quantitative estimate of drug-likeness (QED) is 0.634. The van der Waals surface area contributed by atoms with Crippen LogP contribution in [-0.2, 0) is 16.1 Å². The molecule has 0 aromatic heterocycles. The van der Waals surface area contributed by atoms with E-state index in [1.54, 1.807) is 19.2 Å². The maximum absolute atomic E-state index is 13.6. The zero-order valence-corrected chi connectivity index (χ0v) is 19.5. The Labute approximate surface area is 195 Å². The number of nitrogens with one attached hydrogen (secondary N) is 3. The van der Waals surface area contributed by atoms with Crippen LogP contribution >= 0.6 is 0 Å². The molecule has 1 saturated heterocycles. The molecular weight excluding hydrogens is 421 g/mol. The summed E-state index contributed by atoms with van der Waals surface area (Å²) in [5.41, 5.74) is 1.44. The van der Waals surface area contributed by atoms with Gasteiger partial charge in [0.15, 0.2) is 0 Å². The third-order valence-electron chi connectivity index (χ3n) is 7.48. The molecule has 2 amide bonds. The van der Waals surface area contributed by atoms with Crippen molar-refractivity contribution in [2.45, 2.75) is 83.0 Å². The summed E-state index contributed by atoms with van der Waals surface area (Å²) in [7, 11) is 1.59. The van der Waals surface area contributed by atoms with Crippen LogP contribution in [0, 0.1) is 11.2 Å². The summed E-state index contributed by atoms with van der Waals surface area (Å²) >= 11 is 0. The lowest BCUT2D eigenvalue weighted by molar-refractivity contribution is -0.130. The Balaban J connectivity index is 1.44. The minimum Gasteiger partial charge on any atom is -0.336 e. The van der Waals surface area contributed by atoms with Gasteiger partial charge in [-0.1, -0.05) is 44.2 Å². The smallest absolute Gasteiger partial charge is 0.268 e. The van der Waals surface area contributed by atoms with Crippen molar-refractivity contribution in [3.8, 4) is 0 Å². The summed E-state index contributed by atoms with van der Waals surface area (Å²) in [5, 5.41) is 15.8. The molecule has 2 aliphatic heterocycles. The molecule has 33 heavy (non-hydrogen) atoms. The number of piperidine rings is 1. The number of carbonyl (C=O) groups is 2. The minimum atomic E-state index is -0.211. The zero-order valence-electron chi connectivity index (χ0n) is 19.5. The first-order valence-corrected chi connectivity index (χ1v) is 12.3. The van der Waals surface area contributed by atoms with Crippen LogP contribution in [-0.4, -0.2) is 48.3 Å². The van der Waals surface area contributed by atoms with Crippen molar-refractivity contribution in [3.63, 3.8) is 0 Å². The Kier molecular flexibility index (Phi) is 7.75. The van der Waals surface area contributed by atoms with Crippen LogP contribution in [0.4, 0.5) is 4.39 Å². The van der Waals surface area contributed by atoms with E-state index in [4.69, 9.17) is 0 Å². The normalized spacial score (nSPS) is 25.8. The fraction of sp³-hybridized carbons (Fsp3) is 0.640. The van der Waals surface area contributed by atoms with Gasteiger partial charge in [0.25, 0.3) is 5.91 Å². The number of carbonyl (C=O) groups excluding carboxylic acids is 2. The summed E-state index contributed by atoms with van der Waals surface area (Å²) < 4.78 is 13.6. The van der Waals surface area contributed by atoms with Gasteiger partial charge in [0, 0.05) is 39.0 Å². The number of nitrogens with zero attached hydrogens (tertiary/aromatic N) is 2. The average molecular weight is 458 g/mol. The number of benzene rings is 1. The zero-order chi connectivity index (χ0) is 23.3. The molecule has 180 valence electrons. The van der Waals surface area contributed by atoms with E-state index in [1.165, 1.54) is 43.2 Å². The van der Waals surface area contributed by atoms with E-state index in [-0.39, 0.29) is 35.3 Å². The molecule has 0 radical (unpaired) electrons. The van der Waals surface area contributed by atoms with E-state index < -0.39 is 0 Å². The van der Waals surface area contributed by atoms with Crippen LogP contribution in [0.1, 0.15) is 69.8 Å². The molecule has 2 heterocycles. The monoisotopic (exact) mass is 457 g/mol. The number of amides is 2. The fourth-order valence-electron chi connectivity index (χ4n) is 5.61. The molecular formula is C25H36FN5O2. The van der Waals surface area contributed by atoms with Crippen LogP contribution < -0.4 is 16.0 Å². The molecule has 4 rings (SSSR count). The molecule has 1 aliphatic carbocycles. The van der Waals surface area contributed by atoms with E-state index in [9.17, 15) is 14.0 Å². The highest BCUT2D eigenvalue weighted by atomic mass is 19.1. The second-order valence-corrected chi connectivity index (χ2v) is 9.80. The van der Waals surface area contributed by atoms with Crippen molar-refractivity contribution in [3.05, 3.63) is 35.6 Å². The highest BCUT2D eigenvalue weighted by Crippen LogP contribution is 2.43. The lowest BCUT2D eigenvalue weighted by Crippen LogP contribution is -2.63. The van der Waals surface area contributed by atoms with Crippen LogP contribution in [0.5, 0.6) is 0 Å². The largest absolute Gasteiger partial charge is 0.336 e. The number of rotatable bonds is 5. The molecule has 1 aromatic carbocycles. The van der Waals surface area contributed by atoms with Gasteiger partial charge in [0.2, 0.25) is 5.91 Å². The van der Waals surface area contributed by atoms with E-state index in [0.29, 0.717) is 25.1 Å². The number of halogens is 1. The van der Waals surface area contributed by atoms with Crippen LogP contribution in [0.15, 0.2) is 29.4 Å². The fourth-order valence-corrected chi connectivity index (χ4v) is 5.61. The molecule has 2 fully saturated rings. The molecule has 7 nitrogen and oxygen atoms in total. The first-order chi connectivity index (χ1) is 15.9. The molecule has 3 aliphatic rings. The van der Waals surface area contributed by atoms with Gasteiger partial charge in [-0.05, 0) is 42.4 Å². The summed E-state index contributed by atoms with van der Waals surface area (Å²) in [6, 6.07) is 7.01. The first-order valence-electron chi connectivity index (χ1n) is 12.3. The summed E-state index contributed by atoms with van der Waals surface area (Å²) in [4.78, 5) is 24.5. The lowest BCUT2D eigenvalue weighted by atomic mass is 9.66. The van der Waals surface area contributed by atoms with Gasteiger partial charge in [0.05, 0.1) is 6.17 Å².